The Morgan fingerprint density at radius 2 is 2.12 bits per heavy atom. The van der Waals surface area contributed by atoms with Crippen LogP contribution in [-0.2, 0) is 4.79 Å². The van der Waals surface area contributed by atoms with E-state index in [0.717, 1.165) is 0 Å². The molecule has 90 valence electrons. The summed E-state index contributed by atoms with van der Waals surface area (Å²) >= 11 is 11.9. The van der Waals surface area contributed by atoms with Gasteiger partial charge >= 0.3 is 0 Å². The van der Waals surface area contributed by atoms with Crippen molar-refractivity contribution in [2.24, 2.45) is 0 Å². The lowest BCUT2D eigenvalue weighted by molar-refractivity contribution is -0.118. The molecule has 1 aliphatic heterocycles. The van der Waals surface area contributed by atoms with Gasteiger partial charge in [-0.1, -0.05) is 30.1 Å². The highest BCUT2D eigenvalue weighted by Gasteiger charge is 2.29. The number of hydrogen-bond acceptors (Lipinski definition) is 2. The van der Waals surface area contributed by atoms with E-state index in [1.54, 1.807) is 24.0 Å². The fourth-order valence-electron chi connectivity index (χ4n) is 1.94. The van der Waals surface area contributed by atoms with Gasteiger partial charge in [0.15, 0.2) is 5.78 Å². The molecular weight excluding hydrogens is 261 g/mol. The SMILES string of the molecule is CCC(=O)N1CCC(=O)c2c1ccc(Cl)c2Cl. The molecule has 1 aromatic carbocycles. The van der Waals surface area contributed by atoms with Crippen LogP contribution in [0.15, 0.2) is 12.1 Å². The topological polar surface area (TPSA) is 37.4 Å². The van der Waals surface area contributed by atoms with Crippen LogP contribution < -0.4 is 4.90 Å². The Bertz CT molecular complexity index is 500. The minimum atomic E-state index is -0.0624. The summed E-state index contributed by atoms with van der Waals surface area (Å²) in [6.45, 7) is 2.20. The van der Waals surface area contributed by atoms with Crippen molar-refractivity contribution >= 4 is 40.6 Å². The van der Waals surface area contributed by atoms with Crippen molar-refractivity contribution in [2.75, 3.05) is 11.4 Å². The average Bonchev–Trinajstić information content (AvgIpc) is 2.33. The summed E-state index contributed by atoms with van der Waals surface area (Å²) < 4.78 is 0. The molecule has 0 unspecified atom stereocenters. The van der Waals surface area contributed by atoms with E-state index in [-0.39, 0.29) is 16.7 Å². The van der Waals surface area contributed by atoms with Gasteiger partial charge in [-0.05, 0) is 12.1 Å². The van der Waals surface area contributed by atoms with Crippen LogP contribution in [0.4, 0.5) is 5.69 Å². The lowest BCUT2D eigenvalue weighted by atomic mass is 10.00. The first kappa shape index (κ1) is 12.4. The van der Waals surface area contributed by atoms with Crippen molar-refractivity contribution in [2.45, 2.75) is 19.8 Å². The quantitative estimate of drug-likeness (QED) is 0.786. The molecule has 0 N–H and O–H groups in total. The van der Waals surface area contributed by atoms with Gasteiger partial charge in [-0.2, -0.15) is 0 Å². The zero-order valence-electron chi connectivity index (χ0n) is 9.30. The summed E-state index contributed by atoms with van der Waals surface area (Å²) in [4.78, 5) is 25.2. The number of ketones is 1. The monoisotopic (exact) mass is 271 g/mol. The summed E-state index contributed by atoms with van der Waals surface area (Å²) in [6.07, 6.45) is 0.687. The van der Waals surface area contributed by atoms with Gasteiger partial charge in [0.05, 0.1) is 21.3 Å². The lowest BCUT2D eigenvalue weighted by Gasteiger charge is -2.29. The Balaban J connectivity index is 2.58. The molecule has 0 radical (unpaired) electrons. The summed E-state index contributed by atoms with van der Waals surface area (Å²) in [5, 5.41) is 0.576. The predicted octanol–water partition coefficient (Wildman–Crippen LogP) is 3.32. The van der Waals surface area contributed by atoms with Crippen LogP contribution in [0.3, 0.4) is 0 Å². The lowest BCUT2D eigenvalue weighted by Crippen LogP contribution is -2.37. The van der Waals surface area contributed by atoms with Gasteiger partial charge in [-0.3, -0.25) is 9.59 Å². The van der Waals surface area contributed by atoms with Gasteiger partial charge in [0.25, 0.3) is 0 Å². The molecule has 1 aromatic rings. The van der Waals surface area contributed by atoms with Crippen molar-refractivity contribution in [1.82, 2.24) is 0 Å². The van der Waals surface area contributed by atoms with Crippen LogP contribution in [0.5, 0.6) is 0 Å². The Morgan fingerprint density at radius 3 is 2.76 bits per heavy atom. The van der Waals surface area contributed by atoms with Crippen molar-refractivity contribution in [1.29, 1.82) is 0 Å². The zero-order valence-corrected chi connectivity index (χ0v) is 10.8. The first-order chi connectivity index (χ1) is 8.06. The molecule has 0 aliphatic carbocycles. The summed E-state index contributed by atoms with van der Waals surface area (Å²) in [6, 6.07) is 3.28. The minimum Gasteiger partial charge on any atom is -0.311 e. The highest BCUT2D eigenvalue weighted by molar-refractivity contribution is 6.44. The normalized spacial score (nSPS) is 14.8. The molecule has 0 saturated heterocycles. The molecule has 2 rings (SSSR count). The van der Waals surface area contributed by atoms with Gasteiger partial charge in [0, 0.05) is 19.4 Å². The number of anilines is 1. The van der Waals surface area contributed by atoms with E-state index >= 15 is 0 Å². The van der Waals surface area contributed by atoms with E-state index in [1.807, 2.05) is 0 Å². The first-order valence-corrected chi connectivity index (χ1v) is 6.13. The molecule has 0 spiro atoms. The molecule has 0 fully saturated rings. The largest absolute Gasteiger partial charge is 0.311 e. The number of rotatable bonds is 1. The maximum atomic E-state index is 11.8. The third kappa shape index (κ3) is 2.05. The maximum absolute atomic E-state index is 11.8. The van der Waals surface area contributed by atoms with E-state index in [0.29, 0.717) is 35.7 Å². The van der Waals surface area contributed by atoms with Crippen molar-refractivity contribution < 1.29 is 9.59 Å². The molecule has 1 heterocycles. The van der Waals surface area contributed by atoms with Crippen molar-refractivity contribution in [3.05, 3.63) is 27.7 Å². The second kappa shape index (κ2) is 4.67. The van der Waals surface area contributed by atoms with Gasteiger partial charge in [-0.15, -0.1) is 0 Å². The number of benzene rings is 1. The highest BCUT2D eigenvalue weighted by Crippen LogP contribution is 2.37. The van der Waals surface area contributed by atoms with Gasteiger partial charge < -0.3 is 4.90 Å². The van der Waals surface area contributed by atoms with Crippen molar-refractivity contribution in [3.8, 4) is 0 Å². The second-order valence-corrected chi connectivity index (χ2v) is 4.61. The molecular formula is C12H11Cl2NO2. The Morgan fingerprint density at radius 1 is 1.41 bits per heavy atom. The molecule has 1 amide bonds. The van der Waals surface area contributed by atoms with E-state index < -0.39 is 0 Å². The molecule has 0 atom stereocenters. The minimum absolute atomic E-state index is 0.0165. The van der Waals surface area contributed by atoms with Crippen molar-refractivity contribution in [3.63, 3.8) is 0 Å². The van der Waals surface area contributed by atoms with Gasteiger partial charge in [0.2, 0.25) is 5.91 Å². The van der Waals surface area contributed by atoms with Gasteiger partial charge in [-0.25, -0.2) is 0 Å². The van der Waals surface area contributed by atoms with E-state index in [4.69, 9.17) is 23.2 Å². The number of nitrogens with zero attached hydrogens (tertiary/aromatic N) is 1. The summed E-state index contributed by atoms with van der Waals surface area (Å²) in [5.74, 6) is -0.0789. The highest BCUT2D eigenvalue weighted by atomic mass is 35.5. The molecule has 0 bridgehead atoms. The Hall–Kier alpha value is -1.06. The molecule has 0 saturated carbocycles. The number of amides is 1. The predicted molar refractivity (Wildman–Crippen MR) is 68.1 cm³/mol. The van der Waals surface area contributed by atoms with Crippen LogP contribution in [0.2, 0.25) is 10.0 Å². The smallest absolute Gasteiger partial charge is 0.226 e. The van der Waals surface area contributed by atoms with E-state index in [1.165, 1.54) is 0 Å². The fraction of sp³-hybridized carbons (Fsp3) is 0.333. The average molecular weight is 272 g/mol. The van der Waals surface area contributed by atoms with Crippen LogP contribution in [0.25, 0.3) is 0 Å². The number of Topliss-reactive ketones (excluding diaryl/α,β-unsaturated/α-hetero) is 1. The molecule has 3 nitrogen and oxygen atoms in total. The molecule has 1 aliphatic rings. The summed E-state index contributed by atoms with van der Waals surface area (Å²) in [5.41, 5.74) is 0.940. The fourth-order valence-corrected chi connectivity index (χ4v) is 2.36. The number of carbonyl (C=O) groups excluding carboxylic acids is 2. The van der Waals surface area contributed by atoms with E-state index in [9.17, 15) is 9.59 Å². The second-order valence-electron chi connectivity index (χ2n) is 3.83. The zero-order chi connectivity index (χ0) is 12.6. The molecule has 5 heteroatoms. The molecule has 0 aromatic heterocycles. The number of hydrogen-bond donors (Lipinski definition) is 0. The third-order valence-electron chi connectivity index (χ3n) is 2.81. The number of halogens is 2. The van der Waals surface area contributed by atoms with E-state index in [2.05, 4.69) is 0 Å². The third-order valence-corrected chi connectivity index (χ3v) is 3.61. The number of carbonyl (C=O) groups is 2. The van der Waals surface area contributed by atoms with Crippen LogP contribution in [-0.4, -0.2) is 18.2 Å². The van der Waals surface area contributed by atoms with Gasteiger partial charge in [0.1, 0.15) is 0 Å². The number of fused-ring (bicyclic) bond motifs is 1. The maximum Gasteiger partial charge on any atom is 0.226 e. The van der Waals surface area contributed by atoms with Crippen LogP contribution in [0.1, 0.15) is 30.1 Å². The standard InChI is InChI=1S/C12H11Cl2NO2/c1-2-10(17)15-6-5-9(16)11-8(15)4-3-7(13)12(11)14/h3-4H,2,5-6H2,1H3. The Labute approximate surface area is 109 Å². The Kier molecular flexibility index (Phi) is 3.40. The molecule has 17 heavy (non-hydrogen) atoms. The van der Waals surface area contributed by atoms with Crippen LogP contribution in [0, 0.1) is 0 Å². The first-order valence-electron chi connectivity index (χ1n) is 5.37. The summed E-state index contributed by atoms with van der Waals surface area (Å²) in [7, 11) is 0. The van der Waals surface area contributed by atoms with Crippen LogP contribution >= 0.6 is 23.2 Å².